The van der Waals surface area contributed by atoms with Crippen LogP contribution in [0.5, 0.6) is 0 Å². The fourth-order valence-electron chi connectivity index (χ4n) is 3.30. The van der Waals surface area contributed by atoms with Crippen LogP contribution in [0.3, 0.4) is 0 Å². The number of fused-ring (bicyclic) bond motifs is 1. The molecule has 2 atom stereocenters. The summed E-state index contributed by atoms with van der Waals surface area (Å²) < 4.78 is 13.8. The number of hydrogen-bond acceptors (Lipinski definition) is 3. The smallest absolute Gasteiger partial charge is 0.224 e. The molecule has 2 aromatic rings. The van der Waals surface area contributed by atoms with Crippen LogP contribution in [0.15, 0.2) is 42.5 Å². The van der Waals surface area contributed by atoms with Crippen LogP contribution in [0.4, 0.5) is 15.8 Å². The minimum absolute atomic E-state index is 0.0147. The lowest BCUT2D eigenvalue weighted by Crippen LogP contribution is -2.43. The van der Waals surface area contributed by atoms with Crippen molar-refractivity contribution >= 4 is 23.7 Å². The molecule has 150 valence electrons. The molecule has 0 bridgehead atoms. The fourth-order valence-corrected chi connectivity index (χ4v) is 3.30. The lowest BCUT2D eigenvalue weighted by atomic mass is 9.91. The number of halogens is 1. The summed E-state index contributed by atoms with van der Waals surface area (Å²) in [4.78, 5) is 24.6. The average Bonchev–Trinajstić information content (AvgIpc) is 2.64. The number of hydrogen-bond donors (Lipinski definition) is 1. The quantitative estimate of drug-likeness (QED) is 0.808. The molecule has 1 aliphatic rings. The Labute approximate surface area is 166 Å². The van der Waals surface area contributed by atoms with E-state index >= 15 is 0 Å². The van der Waals surface area contributed by atoms with Gasteiger partial charge in [-0.05, 0) is 50.6 Å². The second-order valence-electron chi connectivity index (χ2n) is 7.31. The third kappa shape index (κ3) is 5.31. The molecule has 1 aliphatic heterocycles. The van der Waals surface area contributed by atoms with Gasteiger partial charge in [0.25, 0.3) is 0 Å². The predicted molar refractivity (Wildman–Crippen MR) is 111 cm³/mol. The lowest BCUT2D eigenvalue weighted by molar-refractivity contribution is -0.117. The number of aryl methyl sites for hydroxylation is 1. The van der Waals surface area contributed by atoms with Gasteiger partial charge in [-0.2, -0.15) is 0 Å². The highest BCUT2D eigenvalue weighted by Gasteiger charge is 2.32. The molecule has 0 fully saturated rings. The number of nitrogens with one attached hydrogen (secondary N) is 1. The van der Waals surface area contributed by atoms with Crippen LogP contribution in [-0.4, -0.2) is 37.4 Å². The van der Waals surface area contributed by atoms with Crippen LogP contribution >= 0.6 is 0 Å². The normalized spacial score (nSPS) is 17.7. The molecule has 0 radical (unpaired) electrons. The molecule has 0 aromatic heterocycles. The minimum Gasteiger partial charge on any atom is -0.378 e. The molecule has 0 saturated carbocycles. The molecule has 6 heteroatoms. The van der Waals surface area contributed by atoms with E-state index < -0.39 is 0 Å². The molecule has 2 amide bonds. The average molecular weight is 385 g/mol. The first-order valence-corrected chi connectivity index (χ1v) is 9.27. The molecule has 0 aliphatic carbocycles. The second-order valence-corrected chi connectivity index (χ2v) is 7.31. The standard InChI is InChI=1S/C19H21FN2O.C3H7NO/c1-12-4-7-16(8-5-12)21-18-10-13(2)22(14(3)23)19-9-6-15(20)11-17(18)19;1-4(2)3-5/h4-9,11,13,18,21H,10H2,1-3H3;3H,1-2H3. The summed E-state index contributed by atoms with van der Waals surface area (Å²) in [5.41, 5.74) is 3.82. The molecule has 2 aromatic carbocycles. The molecule has 1 N–H and O–H groups in total. The SMILES string of the molecule is CC(=O)N1c2ccc(F)cc2C(Nc2ccc(C)cc2)CC1C.CN(C)C=O. The van der Waals surface area contributed by atoms with Crippen LogP contribution < -0.4 is 10.2 Å². The summed E-state index contributed by atoms with van der Waals surface area (Å²) >= 11 is 0. The van der Waals surface area contributed by atoms with Gasteiger partial charge >= 0.3 is 0 Å². The van der Waals surface area contributed by atoms with Crippen molar-refractivity contribution in [2.24, 2.45) is 0 Å². The highest BCUT2D eigenvalue weighted by molar-refractivity contribution is 5.93. The Hall–Kier alpha value is -2.89. The molecule has 2 unspecified atom stereocenters. The van der Waals surface area contributed by atoms with Gasteiger partial charge in [-0.15, -0.1) is 0 Å². The molecule has 0 saturated heterocycles. The van der Waals surface area contributed by atoms with E-state index in [1.165, 1.54) is 22.6 Å². The predicted octanol–water partition coefficient (Wildman–Crippen LogP) is 4.14. The zero-order valence-corrected chi connectivity index (χ0v) is 17.1. The van der Waals surface area contributed by atoms with E-state index in [-0.39, 0.29) is 23.8 Å². The van der Waals surface area contributed by atoms with E-state index in [2.05, 4.69) is 5.32 Å². The van der Waals surface area contributed by atoms with Crippen molar-refractivity contribution in [3.8, 4) is 0 Å². The monoisotopic (exact) mass is 385 g/mol. The summed E-state index contributed by atoms with van der Waals surface area (Å²) in [6.45, 7) is 5.62. The number of nitrogens with zero attached hydrogens (tertiary/aromatic N) is 2. The summed E-state index contributed by atoms with van der Waals surface area (Å²) in [5.74, 6) is -0.295. The van der Waals surface area contributed by atoms with Gasteiger partial charge in [0.15, 0.2) is 0 Å². The third-order valence-corrected chi connectivity index (χ3v) is 4.58. The number of carbonyl (C=O) groups is 2. The van der Waals surface area contributed by atoms with Crippen molar-refractivity contribution in [3.63, 3.8) is 0 Å². The van der Waals surface area contributed by atoms with Crippen molar-refractivity contribution < 1.29 is 14.0 Å². The van der Waals surface area contributed by atoms with E-state index in [0.717, 1.165) is 29.8 Å². The number of rotatable bonds is 3. The van der Waals surface area contributed by atoms with Crippen molar-refractivity contribution in [3.05, 3.63) is 59.4 Å². The van der Waals surface area contributed by atoms with Gasteiger partial charge in [-0.25, -0.2) is 4.39 Å². The maximum Gasteiger partial charge on any atom is 0.224 e. The number of amides is 2. The summed E-state index contributed by atoms with van der Waals surface area (Å²) in [6.07, 6.45) is 1.49. The van der Waals surface area contributed by atoms with Crippen molar-refractivity contribution in [2.45, 2.75) is 39.3 Å². The zero-order valence-electron chi connectivity index (χ0n) is 17.1. The fraction of sp³-hybridized carbons (Fsp3) is 0.364. The van der Waals surface area contributed by atoms with E-state index in [1.54, 1.807) is 32.0 Å². The lowest BCUT2D eigenvalue weighted by Gasteiger charge is -2.39. The first-order chi connectivity index (χ1) is 13.2. The topological polar surface area (TPSA) is 52.7 Å². The molecule has 28 heavy (non-hydrogen) atoms. The largest absolute Gasteiger partial charge is 0.378 e. The molecule has 1 heterocycles. The van der Waals surface area contributed by atoms with E-state index in [9.17, 15) is 14.0 Å². The van der Waals surface area contributed by atoms with Gasteiger partial charge in [0.1, 0.15) is 5.82 Å². The van der Waals surface area contributed by atoms with Crippen LogP contribution in [0, 0.1) is 12.7 Å². The van der Waals surface area contributed by atoms with Crippen molar-refractivity contribution in [2.75, 3.05) is 24.3 Å². The third-order valence-electron chi connectivity index (χ3n) is 4.58. The van der Waals surface area contributed by atoms with Gasteiger partial charge in [-0.3, -0.25) is 9.59 Å². The minimum atomic E-state index is -0.280. The van der Waals surface area contributed by atoms with Crippen LogP contribution in [0.25, 0.3) is 0 Å². The Morgan fingerprint density at radius 2 is 1.82 bits per heavy atom. The maximum atomic E-state index is 13.8. The van der Waals surface area contributed by atoms with Crippen LogP contribution in [0.2, 0.25) is 0 Å². The maximum absolute atomic E-state index is 13.8. The Bertz CT molecular complexity index is 821. The highest BCUT2D eigenvalue weighted by atomic mass is 19.1. The molecule has 0 spiro atoms. The summed E-state index contributed by atoms with van der Waals surface area (Å²) in [5, 5.41) is 3.48. The number of carbonyl (C=O) groups excluding carboxylic acids is 2. The molecular formula is C22H28FN3O2. The van der Waals surface area contributed by atoms with Gasteiger partial charge in [0, 0.05) is 44.0 Å². The van der Waals surface area contributed by atoms with Crippen LogP contribution in [0.1, 0.15) is 37.4 Å². The van der Waals surface area contributed by atoms with Gasteiger partial charge in [-0.1, -0.05) is 17.7 Å². The first-order valence-electron chi connectivity index (χ1n) is 9.27. The van der Waals surface area contributed by atoms with E-state index in [4.69, 9.17) is 0 Å². The van der Waals surface area contributed by atoms with Crippen molar-refractivity contribution in [1.29, 1.82) is 0 Å². The second kappa shape index (κ2) is 9.35. The van der Waals surface area contributed by atoms with Gasteiger partial charge in [0.05, 0.1) is 6.04 Å². The summed E-state index contributed by atoms with van der Waals surface area (Å²) in [7, 11) is 3.38. The number of benzene rings is 2. The Morgan fingerprint density at radius 1 is 1.21 bits per heavy atom. The van der Waals surface area contributed by atoms with Gasteiger partial charge in [0.2, 0.25) is 12.3 Å². The van der Waals surface area contributed by atoms with Crippen molar-refractivity contribution in [1.82, 2.24) is 4.90 Å². The Balaban J connectivity index is 0.000000500. The Kier molecular flexibility index (Phi) is 7.15. The zero-order chi connectivity index (χ0) is 20.8. The van der Waals surface area contributed by atoms with E-state index in [1.807, 2.05) is 38.1 Å². The molecule has 5 nitrogen and oxygen atoms in total. The van der Waals surface area contributed by atoms with E-state index in [0.29, 0.717) is 0 Å². The number of anilines is 2. The first kappa shape index (κ1) is 21.4. The molecule has 3 rings (SSSR count). The summed E-state index contributed by atoms with van der Waals surface area (Å²) in [6, 6.07) is 12.8. The van der Waals surface area contributed by atoms with Crippen LogP contribution in [-0.2, 0) is 9.59 Å². The Morgan fingerprint density at radius 3 is 2.36 bits per heavy atom. The molecular weight excluding hydrogens is 357 g/mol. The highest BCUT2D eigenvalue weighted by Crippen LogP contribution is 2.39. The van der Waals surface area contributed by atoms with Gasteiger partial charge < -0.3 is 15.1 Å².